The third kappa shape index (κ3) is 4.78. The standard InChI is InChI=1S/C24H22BrN3O2S/c1-3-27-23(29)22(31-24(27)26-18-10-12-21(13-11-18)30-4-2)16-20-9-6-14-28(20)19-8-5-7-17(25)15-19/h5-16H,3-4H2,1-2H3/b22-16-,26-24?. The number of likely N-dealkylation sites (N-methyl/N-ethyl adjacent to an activating group) is 1. The molecule has 7 heteroatoms. The van der Waals surface area contributed by atoms with Crippen LogP contribution in [0.25, 0.3) is 11.8 Å². The van der Waals surface area contributed by atoms with Crippen molar-refractivity contribution in [3.8, 4) is 11.4 Å². The number of carbonyl (C=O) groups excluding carboxylic acids is 1. The van der Waals surface area contributed by atoms with Crippen molar-refractivity contribution in [3.05, 3.63) is 81.9 Å². The van der Waals surface area contributed by atoms with Crippen LogP contribution in [0.15, 0.2) is 81.2 Å². The van der Waals surface area contributed by atoms with Crippen LogP contribution < -0.4 is 4.74 Å². The molecule has 0 spiro atoms. The maximum atomic E-state index is 13.0. The van der Waals surface area contributed by atoms with Crippen LogP contribution in [-0.2, 0) is 4.79 Å². The van der Waals surface area contributed by atoms with Crippen LogP contribution in [0.4, 0.5) is 5.69 Å². The molecule has 0 unspecified atom stereocenters. The molecule has 0 aliphatic carbocycles. The van der Waals surface area contributed by atoms with Gasteiger partial charge < -0.3 is 9.30 Å². The van der Waals surface area contributed by atoms with Crippen molar-refractivity contribution in [1.82, 2.24) is 9.47 Å². The van der Waals surface area contributed by atoms with Crippen LogP contribution in [0.3, 0.4) is 0 Å². The van der Waals surface area contributed by atoms with E-state index in [9.17, 15) is 4.79 Å². The predicted molar refractivity (Wildman–Crippen MR) is 131 cm³/mol. The van der Waals surface area contributed by atoms with Gasteiger partial charge in [0.2, 0.25) is 0 Å². The summed E-state index contributed by atoms with van der Waals surface area (Å²) in [6.07, 6.45) is 3.92. The number of amidine groups is 1. The number of aliphatic imine (C=N–C) groups is 1. The van der Waals surface area contributed by atoms with Crippen molar-refractivity contribution < 1.29 is 9.53 Å². The molecular formula is C24H22BrN3O2S. The van der Waals surface area contributed by atoms with E-state index >= 15 is 0 Å². The summed E-state index contributed by atoms with van der Waals surface area (Å²) in [7, 11) is 0. The van der Waals surface area contributed by atoms with Crippen molar-refractivity contribution >= 4 is 50.5 Å². The largest absolute Gasteiger partial charge is 0.494 e. The van der Waals surface area contributed by atoms with Gasteiger partial charge in [-0.2, -0.15) is 0 Å². The molecule has 1 aliphatic heterocycles. The maximum Gasteiger partial charge on any atom is 0.266 e. The number of rotatable bonds is 6. The van der Waals surface area contributed by atoms with Gasteiger partial charge in [0, 0.05) is 28.6 Å². The zero-order valence-electron chi connectivity index (χ0n) is 17.3. The van der Waals surface area contributed by atoms with E-state index in [2.05, 4.69) is 20.5 Å². The van der Waals surface area contributed by atoms with Crippen molar-refractivity contribution in [2.45, 2.75) is 13.8 Å². The normalized spacial score (nSPS) is 16.5. The molecule has 0 bridgehead atoms. The Bertz CT molecular complexity index is 1150. The fourth-order valence-corrected chi connectivity index (χ4v) is 4.71. The summed E-state index contributed by atoms with van der Waals surface area (Å²) in [6.45, 7) is 5.09. The molecule has 2 heterocycles. The quantitative estimate of drug-likeness (QED) is 0.379. The molecule has 5 nitrogen and oxygen atoms in total. The highest BCUT2D eigenvalue weighted by molar-refractivity contribution is 9.10. The number of ether oxygens (including phenoxy) is 1. The van der Waals surface area contributed by atoms with Crippen molar-refractivity contribution in [1.29, 1.82) is 0 Å². The second kappa shape index (κ2) is 9.58. The lowest BCUT2D eigenvalue weighted by Gasteiger charge is -2.12. The van der Waals surface area contributed by atoms with Crippen molar-refractivity contribution in [3.63, 3.8) is 0 Å². The van der Waals surface area contributed by atoms with Gasteiger partial charge in [0.15, 0.2) is 5.17 Å². The first-order valence-electron chi connectivity index (χ1n) is 10.0. The monoisotopic (exact) mass is 495 g/mol. The van der Waals surface area contributed by atoms with Gasteiger partial charge in [0.25, 0.3) is 5.91 Å². The Labute approximate surface area is 194 Å². The first kappa shape index (κ1) is 21.5. The predicted octanol–water partition coefficient (Wildman–Crippen LogP) is 6.26. The van der Waals surface area contributed by atoms with Gasteiger partial charge in [-0.1, -0.05) is 22.0 Å². The van der Waals surface area contributed by atoms with Crippen LogP contribution in [0, 0.1) is 0 Å². The van der Waals surface area contributed by atoms with Gasteiger partial charge in [-0.25, -0.2) is 4.99 Å². The summed E-state index contributed by atoms with van der Waals surface area (Å²) in [6, 6.07) is 19.6. The van der Waals surface area contributed by atoms with Gasteiger partial charge in [-0.05, 0) is 86.3 Å². The lowest BCUT2D eigenvalue weighted by molar-refractivity contribution is -0.122. The number of hydrogen-bond donors (Lipinski definition) is 0. The summed E-state index contributed by atoms with van der Waals surface area (Å²) in [5.74, 6) is 0.780. The Kier molecular flexibility index (Phi) is 6.63. The van der Waals surface area contributed by atoms with E-state index < -0.39 is 0 Å². The van der Waals surface area contributed by atoms with E-state index in [0.29, 0.717) is 23.2 Å². The van der Waals surface area contributed by atoms with E-state index in [4.69, 9.17) is 9.73 Å². The Morgan fingerprint density at radius 2 is 1.90 bits per heavy atom. The first-order chi connectivity index (χ1) is 15.1. The molecule has 0 atom stereocenters. The molecule has 1 fully saturated rings. The van der Waals surface area contributed by atoms with E-state index in [-0.39, 0.29) is 5.91 Å². The van der Waals surface area contributed by atoms with Crippen LogP contribution >= 0.6 is 27.7 Å². The fraction of sp³-hybridized carbons (Fsp3) is 0.167. The number of nitrogens with zero attached hydrogens (tertiary/aromatic N) is 3. The molecular weight excluding hydrogens is 474 g/mol. The summed E-state index contributed by atoms with van der Waals surface area (Å²) < 4.78 is 8.55. The van der Waals surface area contributed by atoms with Crippen molar-refractivity contribution in [2.24, 2.45) is 4.99 Å². The Hall–Kier alpha value is -2.77. The molecule has 1 amide bonds. The van der Waals surface area contributed by atoms with Crippen LogP contribution in [0.5, 0.6) is 5.75 Å². The molecule has 31 heavy (non-hydrogen) atoms. The highest BCUT2D eigenvalue weighted by Gasteiger charge is 2.32. The number of hydrogen-bond acceptors (Lipinski definition) is 4. The number of aromatic nitrogens is 1. The minimum Gasteiger partial charge on any atom is -0.494 e. The Morgan fingerprint density at radius 3 is 2.61 bits per heavy atom. The summed E-state index contributed by atoms with van der Waals surface area (Å²) >= 11 is 4.92. The maximum absolute atomic E-state index is 13.0. The lowest BCUT2D eigenvalue weighted by Crippen LogP contribution is -2.28. The average molecular weight is 496 g/mol. The Balaban J connectivity index is 1.63. The third-order valence-electron chi connectivity index (χ3n) is 4.72. The number of thioether (sulfide) groups is 1. The van der Waals surface area contributed by atoms with E-state index in [1.807, 2.05) is 86.8 Å². The zero-order chi connectivity index (χ0) is 21.8. The van der Waals surface area contributed by atoms with E-state index in [1.54, 1.807) is 4.90 Å². The Morgan fingerprint density at radius 1 is 1.10 bits per heavy atom. The molecule has 0 saturated carbocycles. The smallest absolute Gasteiger partial charge is 0.266 e. The van der Waals surface area contributed by atoms with Crippen LogP contribution in [0.2, 0.25) is 0 Å². The average Bonchev–Trinajstić information content (AvgIpc) is 3.34. The molecule has 2 aromatic carbocycles. The minimum atomic E-state index is -0.0285. The summed E-state index contributed by atoms with van der Waals surface area (Å²) in [5.41, 5.74) is 2.75. The highest BCUT2D eigenvalue weighted by Crippen LogP contribution is 2.34. The van der Waals surface area contributed by atoms with Gasteiger partial charge in [0.05, 0.1) is 17.2 Å². The van der Waals surface area contributed by atoms with Gasteiger partial charge >= 0.3 is 0 Å². The van der Waals surface area contributed by atoms with Crippen LogP contribution in [0.1, 0.15) is 19.5 Å². The number of halogens is 1. The van der Waals surface area contributed by atoms with E-state index in [1.165, 1.54) is 11.8 Å². The SMILES string of the molecule is CCOc1ccc(N=C2S/C(=C\c3cccn3-c3cccc(Br)c3)C(=O)N2CC)cc1. The van der Waals surface area contributed by atoms with Crippen molar-refractivity contribution in [2.75, 3.05) is 13.2 Å². The molecule has 0 radical (unpaired) electrons. The van der Waals surface area contributed by atoms with E-state index in [0.717, 1.165) is 27.3 Å². The number of benzene rings is 2. The molecule has 158 valence electrons. The summed E-state index contributed by atoms with van der Waals surface area (Å²) in [5, 5.41) is 0.684. The fourth-order valence-electron chi connectivity index (χ4n) is 3.27. The summed E-state index contributed by atoms with van der Waals surface area (Å²) in [4.78, 5) is 20.1. The van der Waals surface area contributed by atoms with Gasteiger partial charge in [-0.3, -0.25) is 9.69 Å². The molecule has 0 N–H and O–H groups in total. The van der Waals surface area contributed by atoms with Gasteiger partial charge in [0.1, 0.15) is 5.75 Å². The zero-order valence-corrected chi connectivity index (χ0v) is 19.7. The van der Waals surface area contributed by atoms with Gasteiger partial charge in [-0.15, -0.1) is 0 Å². The second-order valence-electron chi connectivity index (χ2n) is 6.76. The first-order valence-corrected chi connectivity index (χ1v) is 11.7. The molecule has 1 aromatic heterocycles. The lowest BCUT2D eigenvalue weighted by atomic mass is 10.3. The topological polar surface area (TPSA) is 46.8 Å². The third-order valence-corrected chi connectivity index (χ3v) is 6.22. The molecule has 1 saturated heterocycles. The molecule has 3 aromatic rings. The minimum absolute atomic E-state index is 0.0285. The molecule has 4 rings (SSSR count). The highest BCUT2D eigenvalue weighted by atomic mass is 79.9. The second-order valence-corrected chi connectivity index (χ2v) is 8.69. The van der Waals surface area contributed by atoms with Crippen LogP contribution in [-0.4, -0.2) is 33.7 Å². The number of carbonyl (C=O) groups is 1. The number of amides is 1. The molecule has 1 aliphatic rings.